The van der Waals surface area contributed by atoms with E-state index in [9.17, 15) is 14.4 Å². The van der Waals surface area contributed by atoms with Crippen molar-refractivity contribution >= 4 is 29.0 Å². The van der Waals surface area contributed by atoms with E-state index in [4.69, 9.17) is 5.11 Å². The number of pyridine rings is 1. The Kier molecular flexibility index (Phi) is 3.94. The minimum atomic E-state index is -1.18. The standard InChI is InChI=1S/C12H11N3O4S/c1-7-6-20-12(19)15(7)5-9(16)14-10-8(11(17)18)3-2-4-13-10/h2-4,6H,5H2,1H3,(H,17,18)(H,13,14,16). The summed E-state index contributed by atoms with van der Waals surface area (Å²) >= 11 is 1.01. The first-order valence-electron chi connectivity index (χ1n) is 5.62. The van der Waals surface area contributed by atoms with Gasteiger partial charge in [-0.1, -0.05) is 11.3 Å². The molecule has 0 saturated heterocycles. The predicted octanol–water partition coefficient (Wildman–Crippen LogP) is 0.950. The molecule has 0 unspecified atom stereocenters. The number of anilines is 1. The van der Waals surface area contributed by atoms with E-state index in [1.165, 1.54) is 22.9 Å². The molecule has 1 amide bonds. The first-order chi connectivity index (χ1) is 9.49. The number of carbonyl (C=O) groups is 2. The van der Waals surface area contributed by atoms with E-state index in [1.54, 1.807) is 12.3 Å². The second kappa shape index (κ2) is 5.66. The number of hydrogen-bond acceptors (Lipinski definition) is 5. The van der Waals surface area contributed by atoms with Crippen LogP contribution in [0.2, 0.25) is 0 Å². The van der Waals surface area contributed by atoms with Crippen LogP contribution < -0.4 is 10.2 Å². The Morgan fingerprint density at radius 2 is 2.25 bits per heavy atom. The largest absolute Gasteiger partial charge is 0.478 e. The zero-order valence-electron chi connectivity index (χ0n) is 10.5. The van der Waals surface area contributed by atoms with Crippen molar-refractivity contribution < 1.29 is 14.7 Å². The average Bonchev–Trinajstić information content (AvgIpc) is 2.71. The first kappa shape index (κ1) is 13.9. The van der Waals surface area contributed by atoms with Crippen molar-refractivity contribution in [1.29, 1.82) is 0 Å². The lowest BCUT2D eigenvalue weighted by molar-refractivity contribution is -0.116. The molecule has 2 aromatic rings. The summed E-state index contributed by atoms with van der Waals surface area (Å²) in [6.45, 7) is 1.54. The highest BCUT2D eigenvalue weighted by Crippen LogP contribution is 2.11. The predicted molar refractivity (Wildman–Crippen MR) is 73.1 cm³/mol. The molecule has 0 radical (unpaired) electrons. The van der Waals surface area contributed by atoms with E-state index in [1.807, 2.05) is 0 Å². The van der Waals surface area contributed by atoms with Gasteiger partial charge in [-0.25, -0.2) is 9.78 Å². The van der Waals surface area contributed by atoms with Crippen LogP contribution in [-0.2, 0) is 11.3 Å². The molecule has 2 heterocycles. The van der Waals surface area contributed by atoms with Gasteiger partial charge in [0.1, 0.15) is 17.9 Å². The molecule has 0 spiro atoms. The van der Waals surface area contributed by atoms with E-state index >= 15 is 0 Å². The number of nitrogens with one attached hydrogen (secondary N) is 1. The van der Waals surface area contributed by atoms with Crippen molar-refractivity contribution in [3.05, 3.63) is 44.6 Å². The summed E-state index contributed by atoms with van der Waals surface area (Å²) in [6, 6.07) is 2.81. The number of aromatic nitrogens is 2. The van der Waals surface area contributed by atoms with Gasteiger partial charge in [-0.3, -0.25) is 14.2 Å². The molecule has 2 rings (SSSR count). The topological polar surface area (TPSA) is 101 Å². The number of rotatable bonds is 4. The summed E-state index contributed by atoms with van der Waals surface area (Å²) in [5.41, 5.74) is 0.574. The maximum Gasteiger partial charge on any atom is 0.339 e. The summed E-state index contributed by atoms with van der Waals surface area (Å²) in [6.07, 6.45) is 1.38. The number of aryl methyl sites for hydroxylation is 1. The summed E-state index contributed by atoms with van der Waals surface area (Å²) in [7, 11) is 0. The zero-order valence-corrected chi connectivity index (χ0v) is 11.3. The third kappa shape index (κ3) is 2.91. The summed E-state index contributed by atoms with van der Waals surface area (Å²) in [5.74, 6) is -1.72. The van der Waals surface area contributed by atoms with Gasteiger partial charge in [0.15, 0.2) is 0 Å². The minimum Gasteiger partial charge on any atom is -0.478 e. The summed E-state index contributed by atoms with van der Waals surface area (Å²) in [4.78, 5) is 37.9. The number of carboxylic acids is 1. The molecule has 0 aliphatic heterocycles. The molecule has 8 heteroatoms. The van der Waals surface area contributed by atoms with Gasteiger partial charge in [0.2, 0.25) is 5.91 Å². The fraction of sp³-hybridized carbons (Fsp3) is 0.167. The van der Waals surface area contributed by atoms with Crippen molar-refractivity contribution in [3.63, 3.8) is 0 Å². The minimum absolute atomic E-state index is 0.0362. The lowest BCUT2D eigenvalue weighted by Gasteiger charge is -2.08. The molecule has 7 nitrogen and oxygen atoms in total. The maximum absolute atomic E-state index is 11.9. The van der Waals surface area contributed by atoms with E-state index in [2.05, 4.69) is 10.3 Å². The van der Waals surface area contributed by atoms with Gasteiger partial charge >= 0.3 is 10.8 Å². The highest BCUT2D eigenvalue weighted by Gasteiger charge is 2.14. The van der Waals surface area contributed by atoms with Crippen molar-refractivity contribution in [1.82, 2.24) is 9.55 Å². The fourth-order valence-corrected chi connectivity index (χ4v) is 2.32. The van der Waals surface area contributed by atoms with Crippen LogP contribution in [0, 0.1) is 6.92 Å². The molecule has 0 bridgehead atoms. The number of carbonyl (C=O) groups excluding carboxylic acids is 1. The maximum atomic E-state index is 11.9. The molecular weight excluding hydrogens is 282 g/mol. The van der Waals surface area contributed by atoms with Crippen molar-refractivity contribution in [3.8, 4) is 0 Å². The summed E-state index contributed by atoms with van der Waals surface area (Å²) in [5, 5.41) is 13.0. The molecular formula is C12H11N3O4S. The Morgan fingerprint density at radius 3 is 2.85 bits per heavy atom. The van der Waals surface area contributed by atoms with Crippen LogP contribution in [0.15, 0.2) is 28.5 Å². The van der Waals surface area contributed by atoms with Crippen LogP contribution in [0.5, 0.6) is 0 Å². The number of thiazole rings is 1. The Labute approximate surface area is 117 Å². The Bertz CT molecular complexity index is 719. The monoisotopic (exact) mass is 293 g/mol. The average molecular weight is 293 g/mol. The molecule has 0 aliphatic carbocycles. The quantitative estimate of drug-likeness (QED) is 0.874. The second-order valence-electron chi connectivity index (χ2n) is 3.98. The smallest absolute Gasteiger partial charge is 0.339 e. The Morgan fingerprint density at radius 1 is 1.50 bits per heavy atom. The molecule has 2 N–H and O–H groups in total. The van der Waals surface area contributed by atoms with E-state index in [0.29, 0.717) is 5.69 Å². The van der Waals surface area contributed by atoms with E-state index in [-0.39, 0.29) is 22.8 Å². The summed E-state index contributed by atoms with van der Waals surface area (Å²) < 4.78 is 1.31. The first-order valence-corrected chi connectivity index (χ1v) is 6.50. The number of aromatic carboxylic acids is 1. The molecule has 2 aromatic heterocycles. The van der Waals surface area contributed by atoms with Crippen LogP contribution in [0.3, 0.4) is 0 Å². The lowest BCUT2D eigenvalue weighted by atomic mass is 10.2. The van der Waals surface area contributed by atoms with Gasteiger partial charge in [0, 0.05) is 17.3 Å². The SMILES string of the molecule is Cc1csc(=O)n1CC(=O)Nc1ncccc1C(=O)O. The molecule has 0 aromatic carbocycles. The fourth-order valence-electron chi connectivity index (χ4n) is 1.59. The van der Waals surface area contributed by atoms with E-state index < -0.39 is 11.9 Å². The Balaban J connectivity index is 2.17. The highest BCUT2D eigenvalue weighted by molar-refractivity contribution is 7.07. The van der Waals surface area contributed by atoms with Crippen LogP contribution in [0.25, 0.3) is 0 Å². The van der Waals surface area contributed by atoms with Gasteiger partial charge in [-0.15, -0.1) is 0 Å². The van der Waals surface area contributed by atoms with Crippen molar-refractivity contribution in [2.24, 2.45) is 0 Å². The number of amides is 1. The third-order valence-corrected chi connectivity index (χ3v) is 3.46. The number of nitrogens with zero attached hydrogens (tertiary/aromatic N) is 2. The zero-order chi connectivity index (χ0) is 14.7. The molecule has 0 atom stereocenters. The van der Waals surface area contributed by atoms with Gasteiger partial charge in [0.05, 0.1) is 0 Å². The van der Waals surface area contributed by atoms with Gasteiger partial charge in [0.25, 0.3) is 0 Å². The molecule has 20 heavy (non-hydrogen) atoms. The molecule has 0 aliphatic rings. The van der Waals surface area contributed by atoms with Gasteiger partial charge in [-0.2, -0.15) is 0 Å². The van der Waals surface area contributed by atoms with E-state index in [0.717, 1.165) is 11.3 Å². The normalized spacial score (nSPS) is 10.2. The number of hydrogen-bond donors (Lipinski definition) is 2. The van der Waals surface area contributed by atoms with Gasteiger partial charge < -0.3 is 10.4 Å². The van der Waals surface area contributed by atoms with Crippen LogP contribution in [-0.4, -0.2) is 26.5 Å². The van der Waals surface area contributed by atoms with Crippen molar-refractivity contribution in [2.45, 2.75) is 13.5 Å². The molecule has 0 fully saturated rings. The van der Waals surface area contributed by atoms with Crippen LogP contribution in [0.4, 0.5) is 5.82 Å². The molecule has 0 saturated carbocycles. The lowest BCUT2D eigenvalue weighted by Crippen LogP contribution is -2.26. The highest BCUT2D eigenvalue weighted by atomic mass is 32.1. The van der Waals surface area contributed by atoms with Crippen LogP contribution >= 0.6 is 11.3 Å². The van der Waals surface area contributed by atoms with Crippen molar-refractivity contribution in [2.75, 3.05) is 5.32 Å². The second-order valence-corrected chi connectivity index (χ2v) is 4.80. The number of carboxylic acid groups (broad SMARTS) is 1. The van der Waals surface area contributed by atoms with Crippen LogP contribution in [0.1, 0.15) is 16.1 Å². The molecule has 104 valence electrons. The third-order valence-electron chi connectivity index (χ3n) is 2.57. The Hall–Kier alpha value is -2.48. The van der Waals surface area contributed by atoms with Gasteiger partial charge in [-0.05, 0) is 19.1 Å².